The average molecular weight is 675 g/mol. The van der Waals surface area contributed by atoms with Crippen molar-refractivity contribution in [1.82, 2.24) is 9.13 Å². The van der Waals surface area contributed by atoms with Crippen molar-refractivity contribution in [2.45, 2.75) is 25.7 Å². The Labute approximate surface area is 306 Å². The normalized spacial score (nSPS) is 13.2. The molecule has 4 heteroatoms. The molecular weight excluding hydrogens is 633 g/mol. The zero-order valence-electron chi connectivity index (χ0n) is 29.5. The number of allylic oxidation sites excluding steroid dienone is 2. The molecule has 52 heavy (non-hydrogen) atoms. The van der Waals surface area contributed by atoms with E-state index in [1.54, 1.807) is 0 Å². The summed E-state index contributed by atoms with van der Waals surface area (Å²) in [5, 5.41) is 2.66. The number of nitrogens with zero attached hydrogens (tertiary/aromatic N) is 4. The third-order valence-electron chi connectivity index (χ3n) is 10.6. The highest BCUT2D eigenvalue weighted by atomic mass is 15.2. The highest BCUT2D eigenvalue weighted by molar-refractivity contribution is 5.94. The maximum atomic E-state index is 3.97. The number of hydrogen-bond acceptors (Lipinski definition) is 2. The first kappa shape index (κ1) is 31.7. The second-order valence-corrected chi connectivity index (χ2v) is 13.7. The first-order valence-electron chi connectivity index (χ1n) is 18.4. The number of fused-ring (bicyclic) bond motifs is 6. The van der Waals surface area contributed by atoms with E-state index in [1.165, 1.54) is 55.7 Å². The molecule has 4 nitrogen and oxygen atoms in total. The van der Waals surface area contributed by atoms with E-state index in [-0.39, 0.29) is 0 Å². The third kappa shape index (κ3) is 5.39. The van der Waals surface area contributed by atoms with Crippen LogP contribution in [0.4, 0.5) is 22.7 Å². The molecule has 0 bridgehead atoms. The molecule has 2 aliphatic carbocycles. The van der Waals surface area contributed by atoms with Crippen molar-refractivity contribution in [3.63, 3.8) is 0 Å². The fourth-order valence-electron chi connectivity index (χ4n) is 8.29. The van der Waals surface area contributed by atoms with Crippen LogP contribution in [0.25, 0.3) is 45.3 Å². The average Bonchev–Trinajstić information content (AvgIpc) is 3.72. The summed E-state index contributed by atoms with van der Waals surface area (Å²) in [5.74, 6) is 0. The van der Waals surface area contributed by atoms with Gasteiger partial charge in [0.15, 0.2) is 0 Å². The van der Waals surface area contributed by atoms with Gasteiger partial charge in [0.05, 0.1) is 11.0 Å². The van der Waals surface area contributed by atoms with Crippen molar-refractivity contribution in [3.05, 3.63) is 181 Å². The number of aryl methyl sites for hydroxylation is 1. The number of para-hydroxylation sites is 2. The van der Waals surface area contributed by atoms with Crippen molar-refractivity contribution in [3.8, 4) is 11.4 Å². The molecule has 0 unspecified atom stereocenters. The molecule has 9 rings (SSSR count). The van der Waals surface area contributed by atoms with Crippen LogP contribution < -0.4 is 9.80 Å². The summed E-state index contributed by atoms with van der Waals surface area (Å²) in [6.45, 7) is 9.47. The van der Waals surface area contributed by atoms with Crippen molar-refractivity contribution >= 4 is 56.7 Å². The Hall–Kier alpha value is -6.26. The fraction of sp³-hybridized carbons (Fsp3) is 0.125. The summed E-state index contributed by atoms with van der Waals surface area (Å²) >= 11 is 0. The van der Waals surface area contributed by atoms with Crippen LogP contribution in [0, 0.1) is 0 Å². The van der Waals surface area contributed by atoms with Crippen LogP contribution in [-0.2, 0) is 12.8 Å². The molecule has 7 aromatic rings. The largest absolute Gasteiger partial charge is 0.364 e. The molecule has 0 saturated carbocycles. The standard InChI is InChI=1S/C48H42N4/c1-3-33-49(34-4-2)35-21-23-36(24-22-35)50(37-25-29-39(30-26-37)51-45-17-9-5-13-41(45)42-14-6-10-18-46(42)51)38-27-31-40(32-28-38)52-47-19-11-7-15-43(47)44-16-8-12-20-48(44)52/h3-7,9,11-15,17,19-32H,1-2,8,10,16,18,33-34H2. The van der Waals surface area contributed by atoms with Gasteiger partial charge in [0.2, 0.25) is 0 Å². The van der Waals surface area contributed by atoms with Crippen LogP contribution >= 0.6 is 0 Å². The molecule has 0 saturated heterocycles. The van der Waals surface area contributed by atoms with Gasteiger partial charge in [0.25, 0.3) is 0 Å². The van der Waals surface area contributed by atoms with Gasteiger partial charge in [0.1, 0.15) is 0 Å². The highest BCUT2D eigenvalue weighted by Gasteiger charge is 2.21. The first-order valence-corrected chi connectivity index (χ1v) is 18.4. The second-order valence-electron chi connectivity index (χ2n) is 13.7. The van der Waals surface area contributed by atoms with Crippen molar-refractivity contribution < 1.29 is 0 Å². The van der Waals surface area contributed by atoms with Crippen LogP contribution in [0.15, 0.2) is 159 Å². The Kier molecular flexibility index (Phi) is 8.21. The van der Waals surface area contributed by atoms with E-state index in [1.807, 2.05) is 12.2 Å². The van der Waals surface area contributed by atoms with E-state index < -0.39 is 0 Å². The molecule has 0 spiro atoms. The minimum absolute atomic E-state index is 0.762. The van der Waals surface area contributed by atoms with Crippen LogP contribution in [-0.4, -0.2) is 22.2 Å². The van der Waals surface area contributed by atoms with Gasteiger partial charge in [-0.05, 0) is 122 Å². The zero-order chi connectivity index (χ0) is 35.0. The Morgan fingerprint density at radius 2 is 1.06 bits per heavy atom. The molecule has 0 radical (unpaired) electrons. The first-order chi connectivity index (χ1) is 25.7. The topological polar surface area (TPSA) is 16.3 Å². The lowest BCUT2D eigenvalue weighted by Gasteiger charge is -2.28. The molecule has 0 amide bonds. The Morgan fingerprint density at radius 1 is 0.538 bits per heavy atom. The van der Waals surface area contributed by atoms with E-state index in [0.717, 1.165) is 61.5 Å². The summed E-state index contributed by atoms with van der Waals surface area (Å²) in [4.78, 5) is 4.63. The Morgan fingerprint density at radius 3 is 1.71 bits per heavy atom. The lowest BCUT2D eigenvalue weighted by molar-refractivity contribution is 0.888. The summed E-state index contributed by atoms with van der Waals surface area (Å²) in [6.07, 6.45) is 17.3. The number of aromatic nitrogens is 2. The summed E-state index contributed by atoms with van der Waals surface area (Å²) < 4.78 is 4.87. The molecule has 0 N–H and O–H groups in total. The monoisotopic (exact) mass is 674 g/mol. The minimum atomic E-state index is 0.762. The predicted octanol–water partition coefficient (Wildman–Crippen LogP) is 12.1. The van der Waals surface area contributed by atoms with Gasteiger partial charge in [-0.15, -0.1) is 13.2 Å². The van der Waals surface area contributed by atoms with E-state index in [2.05, 4.69) is 178 Å². The highest BCUT2D eigenvalue weighted by Crippen LogP contribution is 2.40. The van der Waals surface area contributed by atoms with E-state index in [9.17, 15) is 0 Å². The van der Waals surface area contributed by atoms with Crippen LogP contribution in [0.3, 0.4) is 0 Å². The molecule has 254 valence electrons. The van der Waals surface area contributed by atoms with Gasteiger partial charge >= 0.3 is 0 Å². The quantitative estimate of drug-likeness (QED) is 0.134. The maximum Gasteiger partial charge on any atom is 0.0537 e. The molecule has 2 aliphatic rings. The molecule has 2 aromatic heterocycles. The molecule has 5 aromatic carbocycles. The molecule has 0 atom stereocenters. The van der Waals surface area contributed by atoms with Gasteiger partial charge < -0.3 is 18.9 Å². The molecule has 2 heterocycles. The van der Waals surface area contributed by atoms with E-state index in [4.69, 9.17) is 0 Å². The zero-order valence-corrected chi connectivity index (χ0v) is 29.5. The molecular formula is C48H42N4. The maximum absolute atomic E-state index is 3.97. The van der Waals surface area contributed by atoms with Crippen LogP contribution in [0.1, 0.15) is 35.4 Å². The number of anilines is 4. The predicted molar refractivity (Wildman–Crippen MR) is 222 cm³/mol. The van der Waals surface area contributed by atoms with Crippen LogP contribution in [0.2, 0.25) is 0 Å². The summed E-state index contributed by atoms with van der Waals surface area (Å²) in [7, 11) is 0. The Balaban J connectivity index is 1.13. The van der Waals surface area contributed by atoms with Crippen molar-refractivity contribution in [1.29, 1.82) is 0 Å². The van der Waals surface area contributed by atoms with Gasteiger partial charge in [0, 0.05) is 74.9 Å². The second kappa shape index (κ2) is 13.5. The molecule has 0 fully saturated rings. The smallest absolute Gasteiger partial charge is 0.0537 e. The van der Waals surface area contributed by atoms with Gasteiger partial charge in [-0.25, -0.2) is 0 Å². The number of benzene rings is 5. The molecule has 0 aliphatic heterocycles. The SMILES string of the molecule is C=CCN(CC=C)c1ccc(N(c2ccc(-n3c4c(c5ccccc53)CCC=C4)cc2)c2ccc(-n3c4c(c5ccccc53)C=CCC4)cc2)cc1. The minimum Gasteiger partial charge on any atom is -0.364 e. The Bertz CT molecular complexity index is 2480. The summed E-state index contributed by atoms with van der Waals surface area (Å²) in [6, 6.07) is 44.6. The van der Waals surface area contributed by atoms with E-state index in [0.29, 0.717) is 0 Å². The summed E-state index contributed by atoms with van der Waals surface area (Å²) in [5.41, 5.74) is 14.8. The van der Waals surface area contributed by atoms with Gasteiger partial charge in [-0.3, -0.25) is 0 Å². The van der Waals surface area contributed by atoms with E-state index >= 15 is 0 Å². The number of rotatable bonds is 10. The van der Waals surface area contributed by atoms with Gasteiger partial charge in [-0.2, -0.15) is 0 Å². The lowest BCUT2D eigenvalue weighted by atomic mass is 10.0. The van der Waals surface area contributed by atoms with Crippen molar-refractivity contribution in [2.75, 3.05) is 22.9 Å². The van der Waals surface area contributed by atoms with Crippen molar-refractivity contribution in [2.24, 2.45) is 0 Å². The lowest BCUT2D eigenvalue weighted by Crippen LogP contribution is -2.23. The third-order valence-corrected chi connectivity index (χ3v) is 10.6. The van der Waals surface area contributed by atoms with Crippen LogP contribution in [0.5, 0.6) is 0 Å². The fourth-order valence-corrected chi connectivity index (χ4v) is 8.29. The van der Waals surface area contributed by atoms with Gasteiger partial charge in [-0.1, -0.05) is 66.8 Å². The number of hydrogen-bond donors (Lipinski definition) is 0.